The third-order valence-electron chi connectivity index (χ3n) is 3.46. The lowest BCUT2D eigenvalue weighted by Crippen LogP contribution is -2.46. The normalized spacial score (nSPS) is 15.3. The molecule has 0 radical (unpaired) electrons. The van der Waals surface area contributed by atoms with Crippen LogP contribution in [0.15, 0.2) is 36.4 Å². The third-order valence-corrected chi connectivity index (χ3v) is 4.71. The molecule has 1 aliphatic rings. The Kier molecular flexibility index (Phi) is 3.69. The monoisotopic (exact) mass is 320 g/mol. The highest BCUT2D eigenvalue weighted by Gasteiger charge is 2.30. The molecule has 1 unspecified atom stereocenters. The molecule has 2 aromatic rings. The van der Waals surface area contributed by atoms with E-state index < -0.39 is 6.04 Å². The van der Waals surface area contributed by atoms with Crippen molar-refractivity contribution in [1.29, 1.82) is 0 Å². The summed E-state index contributed by atoms with van der Waals surface area (Å²) in [4.78, 5) is 26.8. The number of fused-ring (bicyclic) bond motifs is 1. The summed E-state index contributed by atoms with van der Waals surface area (Å²) in [6.07, 6.45) is 0. The van der Waals surface area contributed by atoms with Crippen LogP contribution in [0.25, 0.3) is 0 Å². The molecule has 1 aromatic carbocycles. The van der Waals surface area contributed by atoms with Crippen LogP contribution in [0.1, 0.15) is 16.6 Å². The standard InChI is InChI=1S/C15H13ClN2O2S/c1-9(15(20)12-6-7-13(16)21-12)18-8-14(19)17-10-4-2-3-5-11(10)18/h2-7,9H,8H2,1H3,(H,17,19). The van der Waals surface area contributed by atoms with Crippen LogP contribution in [0.5, 0.6) is 0 Å². The van der Waals surface area contributed by atoms with E-state index in [-0.39, 0.29) is 18.2 Å². The maximum absolute atomic E-state index is 12.6. The fourth-order valence-electron chi connectivity index (χ4n) is 2.40. The van der Waals surface area contributed by atoms with Gasteiger partial charge >= 0.3 is 0 Å². The average Bonchev–Trinajstić information content (AvgIpc) is 2.91. The van der Waals surface area contributed by atoms with Gasteiger partial charge < -0.3 is 10.2 Å². The molecule has 1 amide bonds. The Morgan fingerprint density at radius 2 is 2.10 bits per heavy atom. The van der Waals surface area contributed by atoms with Gasteiger partial charge in [0.1, 0.15) is 0 Å². The number of amides is 1. The summed E-state index contributed by atoms with van der Waals surface area (Å²) in [7, 11) is 0. The number of anilines is 2. The van der Waals surface area contributed by atoms with Crippen molar-refractivity contribution in [2.75, 3.05) is 16.8 Å². The Hall–Kier alpha value is -1.85. The van der Waals surface area contributed by atoms with Gasteiger partial charge in [-0.05, 0) is 31.2 Å². The SMILES string of the molecule is CC(C(=O)c1ccc(Cl)s1)N1CC(=O)Nc2ccccc21. The first-order valence-corrected chi connectivity index (χ1v) is 7.71. The lowest BCUT2D eigenvalue weighted by Gasteiger charge is -2.34. The van der Waals surface area contributed by atoms with Gasteiger partial charge in [0, 0.05) is 0 Å². The molecule has 3 rings (SSSR count). The number of carbonyl (C=O) groups excluding carboxylic acids is 2. The van der Waals surface area contributed by atoms with E-state index in [9.17, 15) is 9.59 Å². The van der Waals surface area contributed by atoms with Gasteiger partial charge in [-0.1, -0.05) is 23.7 Å². The number of Topliss-reactive ketones (excluding diaryl/α,β-unsaturated/α-hetero) is 1. The number of nitrogens with zero attached hydrogens (tertiary/aromatic N) is 1. The third kappa shape index (κ3) is 2.66. The lowest BCUT2D eigenvalue weighted by atomic mass is 10.1. The minimum absolute atomic E-state index is 0.0311. The number of ketones is 1. The quantitative estimate of drug-likeness (QED) is 0.881. The minimum atomic E-state index is -0.424. The van der Waals surface area contributed by atoms with Gasteiger partial charge in [0.05, 0.1) is 33.2 Å². The van der Waals surface area contributed by atoms with Gasteiger partial charge in [0.2, 0.25) is 5.91 Å². The van der Waals surface area contributed by atoms with Gasteiger partial charge in [-0.25, -0.2) is 0 Å². The maximum atomic E-state index is 12.6. The number of hydrogen-bond donors (Lipinski definition) is 1. The molecular weight excluding hydrogens is 308 g/mol. The van der Waals surface area contributed by atoms with Crippen molar-refractivity contribution in [1.82, 2.24) is 0 Å². The highest BCUT2D eigenvalue weighted by atomic mass is 35.5. The smallest absolute Gasteiger partial charge is 0.243 e. The summed E-state index contributed by atoms with van der Waals surface area (Å²) < 4.78 is 0.585. The van der Waals surface area contributed by atoms with E-state index in [0.29, 0.717) is 9.21 Å². The van der Waals surface area contributed by atoms with Gasteiger partial charge in [0.15, 0.2) is 5.78 Å². The van der Waals surface area contributed by atoms with Crippen LogP contribution in [0.4, 0.5) is 11.4 Å². The van der Waals surface area contributed by atoms with Crippen LogP contribution in [-0.2, 0) is 4.79 Å². The Morgan fingerprint density at radius 1 is 1.33 bits per heavy atom. The first-order chi connectivity index (χ1) is 10.1. The van der Waals surface area contributed by atoms with Crippen molar-refractivity contribution in [2.24, 2.45) is 0 Å². The second kappa shape index (κ2) is 5.50. The molecule has 6 heteroatoms. The molecule has 1 aromatic heterocycles. The predicted octanol–water partition coefficient (Wildman–Crippen LogP) is 3.43. The van der Waals surface area contributed by atoms with E-state index >= 15 is 0 Å². The zero-order valence-electron chi connectivity index (χ0n) is 11.3. The number of carbonyl (C=O) groups is 2. The van der Waals surface area contributed by atoms with Crippen LogP contribution >= 0.6 is 22.9 Å². The second-order valence-corrected chi connectivity index (χ2v) is 6.55. The van der Waals surface area contributed by atoms with Crippen LogP contribution < -0.4 is 10.2 Å². The molecule has 0 spiro atoms. The van der Waals surface area contributed by atoms with E-state index in [4.69, 9.17) is 11.6 Å². The molecule has 4 nitrogen and oxygen atoms in total. The van der Waals surface area contributed by atoms with Crippen molar-refractivity contribution in [3.8, 4) is 0 Å². The topological polar surface area (TPSA) is 49.4 Å². The minimum Gasteiger partial charge on any atom is -0.350 e. The summed E-state index contributed by atoms with van der Waals surface area (Å²) in [5, 5.41) is 2.82. The molecule has 1 aliphatic heterocycles. The Morgan fingerprint density at radius 3 is 2.81 bits per heavy atom. The molecule has 0 saturated carbocycles. The average molecular weight is 321 g/mol. The van der Waals surface area contributed by atoms with Crippen LogP contribution in [0.2, 0.25) is 4.34 Å². The Bertz CT molecular complexity index is 713. The molecule has 0 fully saturated rings. The van der Waals surface area contributed by atoms with Crippen molar-refractivity contribution in [2.45, 2.75) is 13.0 Å². The van der Waals surface area contributed by atoms with E-state index in [1.165, 1.54) is 11.3 Å². The van der Waals surface area contributed by atoms with Crippen molar-refractivity contribution >= 4 is 46.0 Å². The number of hydrogen-bond acceptors (Lipinski definition) is 4. The van der Waals surface area contributed by atoms with Crippen LogP contribution in [-0.4, -0.2) is 24.3 Å². The van der Waals surface area contributed by atoms with Gasteiger partial charge in [0.25, 0.3) is 0 Å². The van der Waals surface area contributed by atoms with Gasteiger partial charge in [-0.15, -0.1) is 11.3 Å². The summed E-state index contributed by atoms with van der Waals surface area (Å²) >= 11 is 7.15. The zero-order chi connectivity index (χ0) is 15.0. The van der Waals surface area contributed by atoms with Crippen molar-refractivity contribution in [3.05, 3.63) is 45.6 Å². The molecule has 2 heterocycles. The van der Waals surface area contributed by atoms with Crippen LogP contribution in [0, 0.1) is 0 Å². The molecule has 0 bridgehead atoms. The molecule has 0 aliphatic carbocycles. The van der Waals surface area contributed by atoms with Crippen LogP contribution in [0.3, 0.4) is 0 Å². The first kappa shape index (κ1) is 14.1. The molecule has 0 saturated heterocycles. The molecule has 1 N–H and O–H groups in total. The molecule has 21 heavy (non-hydrogen) atoms. The fourth-order valence-corrected chi connectivity index (χ4v) is 3.46. The summed E-state index contributed by atoms with van der Waals surface area (Å²) in [6, 6.07) is 10.5. The largest absolute Gasteiger partial charge is 0.350 e. The first-order valence-electron chi connectivity index (χ1n) is 6.51. The van der Waals surface area contributed by atoms with Crippen molar-refractivity contribution < 1.29 is 9.59 Å². The number of halogens is 1. The maximum Gasteiger partial charge on any atom is 0.243 e. The number of para-hydroxylation sites is 2. The zero-order valence-corrected chi connectivity index (χ0v) is 12.9. The number of nitrogens with one attached hydrogen (secondary N) is 1. The molecule has 108 valence electrons. The summed E-state index contributed by atoms with van der Waals surface area (Å²) in [5.41, 5.74) is 1.60. The van der Waals surface area contributed by atoms with E-state index in [1.54, 1.807) is 12.1 Å². The number of thiophene rings is 1. The Labute approximate surface area is 131 Å². The second-order valence-electron chi connectivity index (χ2n) is 4.84. The summed E-state index contributed by atoms with van der Waals surface area (Å²) in [5.74, 6) is -0.144. The number of rotatable bonds is 3. The molecular formula is C15H13ClN2O2S. The number of benzene rings is 1. The van der Waals surface area contributed by atoms with Gasteiger partial charge in [-0.2, -0.15) is 0 Å². The Balaban J connectivity index is 1.93. The van der Waals surface area contributed by atoms with E-state index in [2.05, 4.69) is 5.32 Å². The highest BCUT2D eigenvalue weighted by Crippen LogP contribution is 2.32. The fraction of sp³-hybridized carbons (Fsp3) is 0.200. The summed E-state index contributed by atoms with van der Waals surface area (Å²) in [6.45, 7) is 1.98. The van der Waals surface area contributed by atoms with Gasteiger partial charge in [-0.3, -0.25) is 9.59 Å². The highest BCUT2D eigenvalue weighted by molar-refractivity contribution is 7.18. The van der Waals surface area contributed by atoms with E-state index in [1.807, 2.05) is 36.1 Å². The van der Waals surface area contributed by atoms with Crippen molar-refractivity contribution in [3.63, 3.8) is 0 Å². The van der Waals surface area contributed by atoms with E-state index in [0.717, 1.165) is 11.4 Å². The predicted molar refractivity (Wildman–Crippen MR) is 85.5 cm³/mol. The lowest BCUT2D eigenvalue weighted by molar-refractivity contribution is -0.115. The molecule has 1 atom stereocenters.